The molecule has 0 bridgehead atoms. The number of nitrogens with one attached hydrogen (secondary N) is 1. The van der Waals surface area contributed by atoms with Crippen LogP contribution in [0.1, 0.15) is 33.5 Å². The molecule has 2 aromatic carbocycles. The number of amides is 1. The molecule has 1 heterocycles. The third-order valence-corrected chi connectivity index (χ3v) is 4.51. The van der Waals surface area contributed by atoms with Crippen LogP contribution in [0.15, 0.2) is 42.5 Å². The van der Waals surface area contributed by atoms with Gasteiger partial charge in [-0.25, -0.2) is 0 Å². The lowest BCUT2D eigenvalue weighted by molar-refractivity contribution is 0.0952. The zero-order valence-corrected chi connectivity index (χ0v) is 13.9. The first kappa shape index (κ1) is 15.6. The summed E-state index contributed by atoms with van der Waals surface area (Å²) in [6.45, 7) is 6.79. The Labute approximate surface area is 138 Å². The van der Waals surface area contributed by atoms with E-state index in [1.54, 1.807) is 0 Å². The third-order valence-electron chi connectivity index (χ3n) is 4.51. The summed E-state index contributed by atoms with van der Waals surface area (Å²) in [7, 11) is 0. The van der Waals surface area contributed by atoms with Crippen LogP contribution in [0.4, 0.5) is 5.69 Å². The minimum absolute atomic E-state index is 0.0352. The van der Waals surface area contributed by atoms with Crippen LogP contribution in [0.2, 0.25) is 0 Å². The molecule has 23 heavy (non-hydrogen) atoms. The van der Waals surface area contributed by atoms with Crippen LogP contribution in [-0.2, 0) is 6.42 Å². The lowest BCUT2D eigenvalue weighted by atomic mass is 10.1. The van der Waals surface area contributed by atoms with Gasteiger partial charge < -0.3 is 10.2 Å². The van der Waals surface area contributed by atoms with Crippen molar-refractivity contribution in [2.45, 2.75) is 26.7 Å². The van der Waals surface area contributed by atoms with E-state index in [4.69, 9.17) is 0 Å². The molecule has 0 radical (unpaired) electrons. The van der Waals surface area contributed by atoms with Gasteiger partial charge in [-0.05, 0) is 49.9 Å². The number of hydrogen-bond acceptors (Lipinski definition) is 2. The fraction of sp³-hybridized carbons (Fsp3) is 0.350. The summed E-state index contributed by atoms with van der Waals surface area (Å²) in [5.74, 6) is 0.0352. The summed E-state index contributed by atoms with van der Waals surface area (Å²) in [5.41, 5.74) is 5.73. The van der Waals surface area contributed by atoms with E-state index < -0.39 is 0 Å². The molecule has 0 spiro atoms. The molecule has 0 fully saturated rings. The van der Waals surface area contributed by atoms with Gasteiger partial charge in [0.2, 0.25) is 0 Å². The SMILES string of the molecule is Cc1ccc(C)c(C(=O)NCCCN2CCc3ccccc32)c1. The van der Waals surface area contributed by atoms with Crippen LogP contribution in [0.3, 0.4) is 0 Å². The number of anilines is 1. The van der Waals surface area contributed by atoms with Crippen molar-refractivity contribution in [3.8, 4) is 0 Å². The second-order valence-corrected chi connectivity index (χ2v) is 6.29. The molecule has 0 saturated heterocycles. The summed E-state index contributed by atoms with van der Waals surface area (Å²) in [6, 6.07) is 14.6. The summed E-state index contributed by atoms with van der Waals surface area (Å²) < 4.78 is 0. The Bertz CT molecular complexity index is 709. The molecule has 0 aliphatic carbocycles. The minimum Gasteiger partial charge on any atom is -0.371 e. The maximum absolute atomic E-state index is 12.3. The van der Waals surface area contributed by atoms with E-state index >= 15 is 0 Å². The van der Waals surface area contributed by atoms with Crippen LogP contribution < -0.4 is 10.2 Å². The molecule has 0 saturated carbocycles. The highest BCUT2D eigenvalue weighted by molar-refractivity contribution is 5.95. The molecule has 120 valence electrons. The molecule has 3 nitrogen and oxygen atoms in total. The number of carbonyl (C=O) groups is 1. The van der Waals surface area contributed by atoms with E-state index in [2.05, 4.69) is 34.5 Å². The van der Waals surface area contributed by atoms with Crippen molar-refractivity contribution in [3.05, 3.63) is 64.7 Å². The molecule has 0 unspecified atom stereocenters. The van der Waals surface area contributed by atoms with Gasteiger partial charge in [0, 0.05) is 30.9 Å². The molecule has 0 aromatic heterocycles. The maximum atomic E-state index is 12.3. The number of aryl methyl sites for hydroxylation is 2. The normalized spacial score (nSPS) is 13.0. The van der Waals surface area contributed by atoms with Crippen molar-refractivity contribution in [1.82, 2.24) is 5.32 Å². The number of nitrogens with zero attached hydrogens (tertiary/aromatic N) is 1. The van der Waals surface area contributed by atoms with Crippen molar-refractivity contribution >= 4 is 11.6 Å². The molecule has 0 atom stereocenters. The lowest BCUT2D eigenvalue weighted by Gasteiger charge is -2.19. The molecule has 1 aliphatic heterocycles. The smallest absolute Gasteiger partial charge is 0.251 e. The molecular formula is C20H24N2O. The lowest BCUT2D eigenvalue weighted by Crippen LogP contribution is -2.29. The van der Waals surface area contributed by atoms with Gasteiger partial charge in [0.05, 0.1) is 0 Å². The Morgan fingerprint density at radius 2 is 2.00 bits per heavy atom. The Kier molecular flexibility index (Phi) is 4.65. The molecule has 1 N–H and O–H groups in total. The predicted octanol–water partition coefficient (Wildman–Crippen LogP) is 3.49. The van der Waals surface area contributed by atoms with Crippen molar-refractivity contribution in [3.63, 3.8) is 0 Å². The zero-order chi connectivity index (χ0) is 16.2. The van der Waals surface area contributed by atoms with Crippen LogP contribution in [0.5, 0.6) is 0 Å². The first-order chi connectivity index (χ1) is 11.1. The van der Waals surface area contributed by atoms with E-state index in [9.17, 15) is 4.79 Å². The quantitative estimate of drug-likeness (QED) is 0.858. The van der Waals surface area contributed by atoms with Gasteiger partial charge in [0.25, 0.3) is 5.91 Å². The van der Waals surface area contributed by atoms with Crippen molar-refractivity contribution in [2.75, 3.05) is 24.5 Å². The molecule has 1 amide bonds. The molecule has 3 heteroatoms. The first-order valence-corrected chi connectivity index (χ1v) is 8.33. The predicted molar refractivity (Wildman–Crippen MR) is 95.2 cm³/mol. The Morgan fingerprint density at radius 1 is 1.17 bits per heavy atom. The van der Waals surface area contributed by atoms with Crippen molar-refractivity contribution < 1.29 is 4.79 Å². The first-order valence-electron chi connectivity index (χ1n) is 8.33. The van der Waals surface area contributed by atoms with Crippen LogP contribution >= 0.6 is 0 Å². The monoisotopic (exact) mass is 308 g/mol. The van der Waals surface area contributed by atoms with Gasteiger partial charge in [0.1, 0.15) is 0 Å². The number of hydrogen-bond donors (Lipinski definition) is 1. The van der Waals surface area contributed by atoms with Crippen LogP contribution in [0.25, 0.3) is 0 Å². The Morgan fingerprint density at radius 3 is 2.87 bits per heavy atom. The summed E-state index contributed by atoms with van der Waals surface area (Å²) >= 11 is 0. The fourth-order valence-electron chi connectivity index (χ4n) is 3.19. The molecule has 1 aliphatic rings. The van der Waals surface area contributed by atoms with Gasteiger partial charge in [-0.3, -0.25) is 4.79 Å². The van der Waals surface area contributed by atoms with E-state index in [-0.39, 0.29) is 5.91 Å². The second-order valence-electron chi connectivity index (χ2n) is 6.29. The minimum atomic E-state index is 0.0352. The van der Waals surface area contributed by atoms with Crippen LogP contribution in [0, 0.1) is 13.8 Å². The topological polar surface area (TPSA) is 32.3 Å². The highest BCUT2D eigenvalue weighted by Crippen LogP contribution is 2.27. The van der Waals surface area contributed by atoms with E-state index in [0.717, 1.165) is 42.6 Å². The van der Waals surface area contributed by atoms with E-state index in [1.807, 2.05) is 32.0 Å². The molecule has 2 aromatic rings. The standard InChI is InChI=1S/C20H24N2O/c1-15-8-9-16(2)18(14-15)20(23)21-11-5-12-22-13-10-17-6-3-4-7-19(17)22/h3-4,6-9,14H,5,10-13H2,1-2H3,(H,21,23). The fourth-order valence-corrected chi connectivity index (χ4v) is 3.19. The van der Waals surface area contributed by atoms with Crippen molar-refractivity contribution in [1.29, 1.82) is 0 Å². The van der Waals surface area contributed by atoms with Gasteiger partial charge in [-0.2, -0.15) is 0 Å². The average molecular weight is 308 g/mol. The number of fused-ring (bicyclic) bond motifs is 1. The van der Waals surface area contributed by atoms with Gasteiger partial charge >= 0.3 is 0 Å². The number of benzene rings is 2. The summed E-state index contributed by atoms with van der Waals surface area (Å²) in [4.78, 5) is 14.7. The molecule has 3 rings (SSSR count). The summed E-state index contributed by atoms with van der Waals surface area (Å²) in [5, 5.41) is 3.05. The Balaban J connectivity index is 1.49. The van der Waals surface area contributed by atoms with Gasteiger partial charge in [0.15, 0.2) is 0 Å². The molecular weight excluding hydrogens is 284 g/mol. The summed E-state index contributed by atoms with van der Waals surface area (Å²) in [6.07, 6.45) is 2.09. The number of rotatable bonds is 5. The van der Waals surface area contributed by atoms with Gasteiger partial charge in [-0.1, -0.05) is 35.9 Å². The van der Waals surface area contributed by atoms with Crippen LogP contribution in [-0.4, -0.2) is 25.5 Å². The number of carbonyl (C=O) groups excluding carboxylic acids is 1. The highest BCUT2D eigenvalue weighted by atomic mass is 16.1. The largest absolute Gasteiger partial charge is 0.371 e. The third kappa shape index (κ3) is 3.55. The second kappa shape index (κ2) is 6.86. The van der Waals surface area contributed by atoms with E-state index in [1.165, 1.54) is 11.3 Å². The Hall–Kier alpha value is -2.29. The highest BCUT2D eigenvalue weighted by Gasteiger charge is 2.17. The van der Waals surface area contributed by atoms with Crippen molar-refractivity contribution in [2.24, 2.45) is 0 Å². The number of para-hydroxylation sites is 1. The van der Waals surface area contributed by atoms with Gasteiger partial charge in [-0.15, -0.1) is 0 Å². The zero-order valence-electron chi connectivity index (χ0n) is 13.9. The maximum Gasteiger partial charge on any atom is 0.251 e. The average Bonchev–Trinajstić information content (AvgIpc) is 2.97. The van der Waals surface area contributed by atoms with E-state index in [0.29, 0.717) is 6.54 Å².